The van der Waals surface area contributed by atoms with Gasteiger partial charge in [-0.05, 0) is 20.3 Å². The summed E-state index contributed by atoms with van der Waals surface area (Å²) in [5, 5.41) is 3.37. The molecule has 1 aromatic heterocycles. The third kappa shape index (κ3) is 3.39. The monoisotopic (exact) mass is 219 g/mol. The number of hydrogen-bond donors (Lipinski definition) is 1. The molecule has 16 heavy (non-hydrogen) atoms. The van der Waals surface area contributed by atoms with Crippen molar-refractivity contribution < 1.29 is 0 Å². The summed E-state index contributed by atoms with van der Waals surface area (Å²) in [5.41, 5.74) is 1.19. The lowest BCUT2D eigenvalue weighted by Gasteiger charge is -2.15. The van der Waals surface area contributed by atoms with E-state index in [1.54, 1.807) is 0 Å². The summed E-state index contributed by atoms with van der Waals surface area (Å²) in [6, 6.07) is 0.607. The van der Waals surface area contributed by atoms with Crippen LogP contribution in [-0.2, 0) is 6.54 Å². The number of imidazole rings is 1. The lowest BCUT2D eigenvalue weighted by atomic mass is 10.2. The molecule has 0 spiro atoms. The smallest absolute Gasteiger partial charge is 0.0951 e. The Morgan fingerprint density at radius 3 is 2.88 bits per heavy atom. The molecule has 1 heterocycles. The van der Waals surface area contributed by atoms with Crippen LogP contribution in [0.4, 0.5) is 0 Å². The van der Waals surface area contributed by atoms with Gasteiger partial charge in [0.2, 0.25) is 0 Å². The minimum Gasteiger partial charge on any atom is -0.331 e. The van der Waals surface area contributed by atoms with Gasteiger partial charge in [0.25, 0.3) is 0 Å². The van der Waals surface area contributed by atoms with Gasteiger partial charge >= 0.3 is 0 Å². The molecule has 1 N–H and O–H groups in total. The van der Waals surface area contributed by atoms with Gasteiger partial charge in [-0.15, -0.1) is 6.42 Å². The van der Waals surface area contributed by atoms with E-state index in [0.717, 1.165) is 19.4 Å². The molecule has 0 saturated heterocycles. The Hall–Kier alpha value is -1.27. The third-order valence-corrected chi connectivity index (χ3v) is 2.61. The minimum absolute atomic E-state index is 0.167. The Kier molecular flexibility index (Phi) is 5.07. The Bertz CT molecular complexity index is 346. The van der Waals surface area contributed by atoms with Crippen LogP contribution < -0.4 is 5.32 Å². The zero-order valence-corrected chi connectivity index (χ0v) is 10.4. The fourth-order valence-electron chi connectivity index (χ4n) is 1.69. The first-order valence-electron chi connectivity index (χ1n) is 5.89. The van der Waals surface area contributed by atoms with E-state index in [2.05, 4.69) is 41.6 Å². The van der Waals surface area contributed by atoms with Crippen molar-refractivity contribution in [2.45, 2.75) is 52.2 Å². The summed E-state index contributed by atoms with van der Waals surface area (Å²) in [4.78, 5) is 4.16. The van der Waals surface area contributed by atoms with Crippen LogP contribution in [0.25, 0.3) is 0 Å². The van der Waals surface area contributed by atoms with Crippen LogP contribution in [-0.4, -0.2) is 15.6 Å². The third-order valence-electron chi connectivity index (χ3n) is 2.61. The van der Waals surface area contributed by atoms with E-state index in [-0.39, 0.29) is 6.04 Å². The fourth-order valence-corrected chi connectivity index (χ4v) is 1.69. The van der Waals surface area contributed by atoms with Crippen molar-refractivity contribution in [3.05, 3.63) is 18.2 Å². The molecule has 0 aliphatic carbocycles. The highest BCUT2D eigenvalue weighted by Gasteiger charge is 2.07. The molecule has 1 aromatic rings. The first-order chi connectivity index (χ1) is 7.69. The summed E-state index contributed by atoms with van der Waals surface area (Å²) in [6.07, 6.45) is 11.3. The molecular formula is C13H21N3. The number of hydrogen-bond acceptors (Lipinski definition) is 2. The molecule has 1 rings (SSSR count). The van der Waals surface area contributed by atoms with Gasteiger partial charge in [0, 0.05) is 18.8 Å². The van der Waals surface area contributed by atoms with Gasteiger partial charge in [-0.25, -0.2) is 4.98 Å². The summed E-state index contributed by atoms with van der Waals surface area (Å²) in [5.74, 6) is 2.77. The van der Waals surface area contributed by atoms with Crippen LogP contribution in [0.1, 0.15) is 45.3 Å². The van der Waals surface area contributed by atoms with Crippen LogP contribution in [0, 0.1) is 12.3 Å². The van der Waals surface area contributed by atoms with Crippen LogP contribution in [0.3, 0.4) is 0 Å². The van der Waals surface area contributed by atoms with Crippen molar-refractivity contribution in [2.24, 2.45) is 0 Å². The molecule has 88 valence electrons. The second-order valence-electron chi connectivity index (χ2n) is 4.27. The first-order valence-corrected chi connectivity index (χ1v) is 5.89. The predicted molar refractivity (Wildman–Crippen MR) is 67.0 cm³/mol. The van der Waals surface area contributed by atoms with Gasteiger partial charge in [-0.3, -0.25) is 5.32 Å². The maximum Gasteiger partial charge on any atom is 0.0951 e. The van der Waals surface area contributed by atoms with E-state index in [1.807, 2.05) is 12.5 Å². The molecule has 0 aromatic carbocycles. The van der Waals surface area contributed by atoms with Gasteiger partial charge < -0.3 is 4.57 Å². The summed E-state index contributed by atoms with van der Waals surface area (Å²) >= 11 is 0. The number of nitrogens with one attached hydrogen (secondary N) is 1. The average molecular weight is 219 g/mol. The van der Waals surface area contributed by atoms with E-state index in [1.165, 1.54) is 5.69 Å². The van der Waals surface area contributed by atoms with E-state index in [9.17, 15) is 0 Å². The van der Waals surface area contributed by atoms with Gasteiger partial charge in [0.05, 0.1) is 18.1 Å². The Balaban J connectivity index is 2.54. The maximum absolute atomic E-state index is 5.46. The molecule has 0 aliphatic heterocycles. The predicted octanol–water partition coefficient (Wildman–Crippen LogP) is 2.36. The van der Waals surface area contributed by atoms with Crippen molar-refractivity contribution in [3.63, 3.8) is 0 Å². The quantitative estimate of drug-likeness (QED) is 0.744. The minimum atomic E-state index is 0.167. The summed E-state index contributed by atoms with van der Waals surface area (Å²) < 4.78 is 2.16. The van der Waals surface area contributed by atoms with Crippen molar-refractivity contribution >= 4 is 0 Å². The maximum atomic E-state index is 5.46. The topological polar surface area (TPSA) is 29.9 Å². The van der Waals surface area contributed by atoms with Crippen molar-refractivity contribution in [1.82, 2.24) is 14.9 Å². The van der Waals surface area contributed by atoms with E-state index in [0.29, 0.717) is 6.04 Å². The Morgan fingerprint density at radius 1 is 1.56 bits per heavy atom. The molecule has 3 nitrogen and oxygen atoms in total. The molecule has 0 radical (unpaired) electrons. The number of nitrogens with zero attached hydrogens (tertiary/aromatic N) is 2. The summed E-state index contributed by atoms with van der Waals surface area (Å²) in [7, 11) is 0. The lowest BCUT2D eigenvalue weighted by molar-refractivity contribution is 0.517. The molecule has 1 atom stereocenters. The Labute approximate surface area is 98.3 Å². The molecular weight excluding hydrogens is 198 g/mol. The number of terminal acetylenes is 1. The van der Waals surface area contributed by atoms with Gasteiger partial charge in [0.15, 0.2) is 0 Å². The molecule has 0 amide bonds. The fraction of sp³-hybridized carbons (Fsp3) is 0.615. The van der Waals surface area contributed by atoms with Gasteiger partial charge in [0.1, 0.15) is 0 Å². The zero-order chi connectivity index (χ0) is 12.0. The van der Waals surface area contributed by atoms with E-state index >= 15 is 0 Å². The van der Waals surface area contributed by atoms with Crippen LogP contribution in [0.15, 0.2) is 12.5 Å². The molecule has 0 fully saturated rings. The van der Waals surface area contributed by atoms with Crippen LogP contribution in [0.2, 0.25) is 0 Å². The van der Waals surface area contributed by atoms with Crippen LogP contribution in [0.5, 0.6) is 0 Å². The molecule has 0 saturated carbocycles. The van der Waals surface area contributed by atoms with Crippen LogP contribution >= 0.6 is 0 Å². The van der Waals surface area contributed by atoms with Crippen molar-refractivity contribution in [3.8, 4) is 12.3 Å². The number of rotatable bonds is 6. The molecule has 0 bridgehead atoms. The molecule has 1 unspecified atom stereocenters. The SMILES string of the molecule is C#CC(CCC)NCc1cncn1C(C)C. The standard InChI is InChI=1S/C13H21N3/c1-5-7-12(6-2)15-9-13-8-14-10-16(13)11(3)4/h2,8,10-12,15H,5,7,9H2,1,3-4H3. The van der Waals surface area contributed by atoms with Gasteiger partial charge in [-0.2, -0.15) is 0 Å². The second-order valence-corrected chi connectivity index (χ2v) is 4.27. The second kappa shape index (κ2) is 6.34. The van der Waals surface area contributed by atoms with Crippen molar-refractivity contribution in [1.29, 1.82) is 0 Å². The van der Waals surface area contributed by atoms with E-state index < -0.39 is 0 Å². The highest BCUT2D eigenvalue weighted by atomic mass is 15.1. The normalized spacial score (nSPS) is 12.7. The van der Waals surface area contributed by atoms with Gasteiger partial charge in [-0.1, -0.05) is 19.3 Å². The zero-order valence-electron chi connectivity index (χ0n) is 10.4. The Morgan fingerprint density at radius 2 is 2.31 bits per heavy atom. The molecule has 3 heteroatoms. The highest BCUT2D eigenvalue weighted by Crippen LogP contribution is 2.09. The lowest BCUT2D eigenvalue weighted by Crippen LogP contribution is -2.28. The number of aromatic nitrogens is 2. The molecule has 0 aliphatic rings. The largest absolute Gasteiger partial charge is 0.331 e. The van der Waals surface area contributed by atoms with E-state index in [4.69, 9.17) is 6.42 Å². The highest BCUT2D eigenvalue weighted by molar-refractivity contribution is 5.03. The van der Waals surface area contributed by atoms with Crippen molar-refractivity contribution in [2.75, 3.05) is 0 Å². The summed E-state index contributed by atoms with van der Waals surface area (Å²) in [6.45, 7) is 7.23. The first kappa shape index (κ1) is 12.8. The average Bonchev–Trinajstić information content (AvgIpc) is 2.72.